The molecule has 1 aromatic carbocycles. The molecule has 1 N–H and O–H groups in total. The number of hydrogen-bond donors (Lipinski definition) is 1. The van der Waals surface area contributed by atoms with Crippen molar-refractivity contribution >= 4 is 10.9 Å². The Labute approximate surface area is 117 Å². The molecule has 0 saturated heterocycles. The second-order valence-corrected chi connectivity index (χ2v) is 4.45. The Morgan fingerprint density at radius 3 is 2.75 bits per heavy atom. The van der Waals surface area contributed by atoms with Crippen molar-refractivity contribution in [2.24, 2.45) is 0 Å². The fourth-order valence-electron chi connectivity index (χ4n) is 2.04. The lowest BCUT2D eigenvalue weighted by Gasteiger charge is -2.08. The molecule has 0 fully saturated rings. The van der Waals surface area contributed by atoms with Gasteiger partial charge in [-0.05, 0) is 31.3 Å². The Kier molecular flexibility index (Phi) is 3.56. The van der Waals surface area contributed by atoms with Gasteiger partial charge in [0.15, 0.2) is 5.75 Å². The van der Waals surface area contributed by atoms with Crippen LogP contribution >= 0.6 is 0 Å². The number of nitrogens with zero attached hydrogens (tertiary/aromatic N) is 2. The van der Waals surface area contributed by atoms with Gasteiger partial charge in [-0.15, -0.1) is 0 Å². The Hall–Kier alpha value is -2.46. The summed E-state index contributed by atoms with van der Waals surface area (Å²) in [5.74, 6) is 1.45. The monoisotopic (exact) mass is 265 g/mol. The molecule has 2 heterocycles. The van der Waals surface area contributed by atoms with Gasteiger partial charge in [0.05, 0.1) is 11.9 Å². The van der Waals surface area contributed by atoms with E-state index in [0.717, 1.165) is 28.9 Å². The van der Waals surface area contributed by atoms with E-state index in [0.29, 0.717) is 5.75 Å². The molecule has 4 heteroatoms. The molecule has 0 aliphatic heterocycles. The molecule has 0 bridgehead atoms. The quantitative estimate of drug-likeness (QED) is 0.787. The zero-order valence-corrected chi connectivity index (χ0v) is 11.2. The molecule has 0 atom stereocenters. The normalized spacial score (nSPS) is 10.7. The van der Waals surface area contributed by atoms with Crippen molar-refractivity contribution in [3.63, 3.8) is 0 Å². The molecule has 20 heavy (non-hydrogen) atoms. The van der Waals surface area contributed by atoms with Crippen molar-refractivity contribution < 1.29 is 4.74 Å². The number of pyridine rings is 2. The topological polar surface area (TPSA) is 47.0 Å². The summed E-state index contributed by atoms with van der Waals surface area (Å²) in [5, 5.41) is 4.12. The molecule has 100 valence electrons. The number of aromatic nitrogens is 2. The van der Waals surface area contributed by atoms with Crippen LogP contribution in [0.5, 0.6) is 11.5 Å². The van der Waals surface area contributed by atoms with E-state index in [9.17, 15) is 0 Å². The van der Waals surface area contributed by atoms with E-state index in [1.54, 1.807) is 12.4 Å². The van der Waals surface area contributed by atoms with Crippen LogP contribution in [0.3, 0.4) is 0 Å². The van der Waals surface area contributed by atoms with Crippen molar-refractivity contribution in [1.29, 1.82) is 0 Å². The number of benzene rings is 1. The third-order valence-corrected chi connectivity index (χ3v) is 2.98. The Bertz CT molecular complexity index is 705. The average molecular weight is 265 g/mol. The lowest BCUT2D eigenvalue weighted by atomic mass is 10.2. The van der Waals surface area contributed by atoms with E-state index < -0.39 is 0 Å². The Balaban J connectivity index is 1.89. The summed E-state index contributed by atoms with van der Waals surface area (Å²) in [6.07, 6.45) is 3.50. The highest BCUT2D eigenvalue weighted by Crippen LogP contribution is 2.27. The summed E-state index contributed by atoms with van der Waals surface area (Å²) in [6, 6.07) is 13.7. The molecule has 2 aromatic heterocycles. The van der Waals surface area contributed by atoms with E-state index in [1.807, 2.05) is 49.5 Å². The maximum atomic E-state index is 5.88. The molecular formula is C16H15N3O. The highest BCUT2D eigenvalue weighted by molar-refractivity contribution is 5.84. The molecule has 0 saturated carbocycles. The summed E-state index contributed by atoms with van der Waals surface area (Å²) < 4.78 is 5.88. The second kappa shape index (κ2) is 5.67. The standard InChI is InChI=1S/C16H15N3O/c1-17-10-13-7-8-14(11-19-13)20-15-6-2-4-12-5-3-9-18-16(12)15/h2-9,11,17H,10H2,1H3. The van der Waals surface area contributed by atoms with Crippen LogP contribution in [0.15, 0.2) is 54.9 Å². The minimum Gasteiger partial charge on any atom is -0.453 e. The van der Waals surface area contributed by atoms with Gasteiger partial charge in [0, 0.05) is 18.1 Å². The van der Waals surface area contributed by atoms with E-state index in [2.05, 4.69) is 15.3 Å². The fourth-order valence-corrected chi connectivity index (χ4v) is 2.04. The predicted octanol–water partition coefficient (Wildman–Crippen LogP) is 3.14. The molecule has 0 aliphatic rings. The minimum absolute atomic E-state index is 0.711. The van der Waals surface area contributed by atoms with E-state index in [4.69, 9.17) is 4.74 Å². The van der Waals surface area contributed by atoms with Crippen molar-refractivity contribution in [2.75, 3.05) is 7.05 Å². The summed E-state index contributed by atoms with van der Waals surface area (Å²) >= 11 is 0. The van der Waals surface area contributed by atoms with Crippen molar-refractivity contribution in [3.05, 3.63) is 60.6 Å². The number of ether oxygens (including phenoxy) is 1. The summed E-state index contributed by atoms with van der Waals surface area (Å²) in [5.41, 5.74) is 1.84. The van der Waals surface area contributed by atoms with Crippen LogP contribution in [0.25, 0.3) is 10.9 Å². The van der Waals surface area contributed by atoms with E-state index in [1.165, 1.54) is 0 Å². The number of para-hydroxylation sites is 1. The van der Waals surface area contributed by atoms with Crippen LogP contribution in [0.2, 0.25) is 0 Å². The van der Waals surface area contributed by atoms with Crippen LogP contribution in [0, 0.1) is 0 Å². The number of rotatable bonds is 4. The first-order chi connectivity index (χ1) is 9.86. The first-order valence-electron chi connectivity index (χ1n) is 6.48. The zero-order valence-electron chi connectivity index (χ0n) is 11.2. The molecule has 0 aliphatic carbocycles. The Morgan fingerprint density at radius 2 is 1.95 bits per heavy atom. The molecule has 3 aromatic rings. The lowest BCUT2D eigenvalue weighted by molar-refractivity contribution is 0.484. The third-order valence-electron chi connectivity index (χ3n) is 2.98. The van der Waals surface area contributed by atoms with Crippen LogP contribution in [0.4, 0.5) is 0 Å². The van der Waals surface area contributed by atoms with Crippen LogP contribution in [-0.2, 0) is 6.54 Å². The number of nitrogens with one attached hydrogen (secondary N) is 1. The van der Waals surface area contributed by atoms with Gasteiger partial charge < -0.3 is 10.1 Å². The number of fused-ring (bicyclic) bond motifs is 1. The summed E-state index contributed by atoms with van der Waals surface area (Å²) in [7, 11) is 1.90. The van der Waals surface area contributed by atoms with Crippen LogP contribution in [-0.4, -0.2) is 17.0 Å². The third kappa shape index (κ3) is 2.60. The smallest absolute Gasteiger partial charge is 0.153 e. The van der Waals surface area contributed by atoms with Gasteiger partial charge in [-0.25, -0.2) is 0 Å². The Morgan fingerprint density at radius 1 is 1.05 bits per heavy atom. The molecular weight excluding hydrogens is 250 g/mol. The second-order valence-electron chi connectivity index (χ2n) is 4.45. The number of hydrogen-bond acceptors (Lipinski definition) is 4. The van der Waals surface area contributed by atoms with Gasteiger partial charge in [0.25, 0.3) is 0 Å². The van der Waals surface area contributed by atoms with Crippen LogP contribution < -0.4 is 10.1 Å². The van der Waals surface area contributed by atoms with Crippen molar-refractivity contribution in [3.8, 4) is 11.5 Å². The maximum Gasteiger partial charge on any atom is 0.153 e. The summed E-state index contributed by atoms with van der Waals surface area (Å²) in [6.45, 7) is 0.746. The van der Waals surface area contributed by atoms with Crippen LogP contribution in [0.1, 0.15) is 5.69 Å². The first kappa shape index (κ1) is 12.6. The van der Waals surface area contributed by atoms with Crippen molar-refractivity contribution in [1.82, 2.24) is 15.3 Å². The minimum atomic E-state index is 0.711. The van der Waals surface area contributed by atoms with E-state index >= 15 is 0 Å². The molecule has 0 amide bonds. The summed E-state index contributed by atoms with van der Waals surface area (Å²) in [4.78, 5) is 8.71. The SMILES string of the molecule is CNCc1ccc(Oc2cccc3cccnc23)cn1. The largest absolute Gasteiger partial charge is 0.453 e. The van der Waals surface area contributed by atoms with Gasteiger partial charge in [0.2, 0.25) is 0 Å². The van der Waals surface area contributed by atoms with Crippen molar-refractivity contribution in [2.45, 2.75) is 6.54 Å². The van der Waals surface area contributed by atoms with Gasteiger partial charge in [-0.2, -0.15) is 0 Å². The first-order valence-corrected chi connectivity index (χ1v) is 6.48. The van der Waals surface area contributed by atoms with Gasteiger partial charge in [0.1, 0.15) is 11.3 Å². The highest BCUT2D eigenvalue weighted by atomic mass is 16.5. The average Bonchev–Trinajstić information content (AvgIpc) is 2.50. The van der Waals surface area contributed by atoms with Gasteiger partial charge in [-0.1, -0.05) is 18.2 Å². The van der Waals surface area contributed by atoms with Gasteiger partial charge >= 0.3 is 0 Å². The molecule has 3 rings (SSSR count). The molecule has 0 spiro atoms. The molecule has 0 radical (unpaired) electrons. The fraction of sp³-hybridized carbons (Fsp3) is 0.125. The lowest BCUT2D eigenvalue weighted by Crippen LogP contribution is -2.06. The molecule has 4 nitrogen and oxygen atoms in total. The zero-order chi connectivity index (χ0) is 13.8. The highest BCUT2D eigenvalue weighted by Gasteiger charge is 2.04. The van der Waals surface area contributed by atoms with E-state index in [-0.39, 0.29) is 0 Å². The van der Waals surface area contributed by atoms with Gasteiger partial charge in [-0.3, -0.25) is 9.97 Å². The predicted molar refractivity (Wildman–Crippen MR) is 78.8 cm³/mol. The maximum absolute atomic E-state index is 5.88. The molecule has 0 unspecified atom stereocenters.